The molecule has 1 aromatic carbocycles. The van der Waals surface area contributed by atoms with E-state index in [1.807, 2.05) is 13.1 Å². The SMILES string of the molecule is Cn1ncnc1SCCC(=O)Nc1cccc(N)c1. The Bertz CT molecular complexity index is 569. The third-order valence-corrected chi connectivity index (χ3v) is 3.44. The van der Waals surface area contributed by atoms with Crippen LogP contribution in [0.2, 0.25) is 0 Å². The van der Waals surface area contributed by atoms with Gasteiger partial charge >= 0.3 is 0 Å². The molecule has 0 fully saturated rings. The number of thioether (sulfide) groups is 1. The number of nitrogen functional groups attached to an aromatic ring is 1. The molecule has 3 N–H and O–H groups in total. The predicted molar refractivity (Wildman–Crippen MR) is 75.8 cm³/mol. The number of hydrogen-bond acceptors (Lipinski definition) is 5. The molecule has 7 heteroatoms. The first-order valence-corrected chi connectivity index (χ1v) is 6.76. The van der Waals surface area contributed by atoms with Crippen LogP contribution in [0.4, 0.5) is 11.4 Å². The summed E-state index contributed by atoms with van der Waals surface area (Å²) in [4.78, 5) is 15.8. The number of nitrogens with zero attached hydrogens (tertiary/aromatic N) is 3. The lowest BCUT2D eigenvalue weighted by Crippen LogP contribution is -2.12. The van der Waals surface area contributed by atoms with E-state index in [4.69, 9.17) is 5.73 Å². The third-order valence-electron chi connectivity index (χ3n) is 2.40. The molecule has 0 spiro atoms. The van der Waals surface area contributed by atoms with E-state index < -0.39 is 0 Å². The van der Waals surface area contributed by atoms with Crippen LogP contribution in [0.1, 0.15) is 6.42 Å². The first kappa shape index (κ1) is 13.4. The van der Waals surface area contributed by atoms with Gasteiger partial charge in [0, 0.05) is 30.6 Å². The fraction of sp³-hybridized carbons (Fsp3) is 0.250. The van der Waals surface area contributed by atoms with Gasteiger partial charge in [0.1, 0.15) is 6.33 Å². The molecule has 0 aliphatic rings. The lowest BCUT2D eigenvalue weighted by atomic mass is 10.3. The molecule has 0 unspecified atom stereocenters. The monoisotopic (exact) mass is 277 g/mol. The van der Waals surface area contributed by atoms with Crippen molar-refractivity contribution in [1.29, 1.82) is 0 Å². The Morgan fingerprint density at radius 3 is 3.05 bits per heavy atom. The summed E-state index contributed by atoms with van der Waals surface area (Å²) in [7, 11) is 1.82. The van der Waals surface area contributed by atoms with Gasteiger partial charge in [0.15, 0.2) is 5.16 Å². The molecule has 2 rings (SSSR count). The van der Waals surface area contributed by atoms with Crippen molar-refractivity contribution in [1.82, 2.24) is 14.8 Å². The summed E-state index contributed by atoms with van der Waals surface area (Å²) in [6, 6.07) is 7.12. The van der Waals surface area contributed by atoms with E-state index in [0.29, 0.717) is 23.5 Å². The molecular formula is C12H15N5OS. The van der Waals surface area contributed by atoms with Gasteiger partial charge in [-0.25, -0.2) is 9.67 Å². The van der Waals surface area contributed by atoms with Gasteiger partial charge in [-0.2, -0.15) is 5.10 Å². The van der Waals surface area contributed by atoms with Gasteiger partial charge in [0.2, 0.25) is 5.91 Å². The van der Waals surface area contributed by atoms with E-state index in [-0.39, 0.29) is 5.91 Å². The molecular weight excluding hydrogens is 262 g/mol. The van der Waals surface area contributed by atoms with Crippen molar-refractivity contribution < 1.29 is 4.79 Å². The number of hydrogen-bond donors (Lipinski definition) is 2. The molecule has 0 atom stereocenters. The molecule has 100 valence electrons. The number of nitrogens with two attached hydrogens (primary N) is 1. The van der Waals surface area contributed by atoms with Gasteiger partial charge in [0.25, 0.3) is 0 Å². The average Bonchev–Trinajstić information content (AvgIpc) is 2.75. The van der Waals surface area contributed by atoms with Crippen molar-refractivity contribution >= 4 is 29.0 Å². The van der Waals surface area contributed by atoms with Crippen LogP contribution in [0.15, 0.2) is 35.7 Å². The fourth-order valence-electron chi connectivity index (χ4n) is 1.49. The lowest BCUT2D eigenvalue weighted by Gasteiger charge is -2.05. The highest BCUT2D eigenvalue weighted by atomic mass is 32.2. The Morgan fingerprint density at radius 1 is 1.53 bits per heavy atom. The van der Waals surface area contributed by atoms with Crippen LogP contribution in [0, 0.1) is 0 Å². The van der Waals surface area contributed by atoms with Gasteiger partial charge in [-0.05, 0) is 18.2 Å². The number of aromatic nitrogens is 3. The molecule has 0 radical (unpaired) electrons. The highest BCUT2D eigenvalue weighted by Gasteiger charge is 2.05. The Balaban J connectivity index is 1.77. The summed E-state index contributed by atoms with van der Waals surface area (Å²) in [5, 5.41) is 7.57. The Morgan fingerprint density at radius 2 is 2.37 bits per heavy atom. The van der Waals surface area contributed by atoms with E-state index >= 15 is 0 Å². The van der Waals surface area contributed by atoms with Crippen molar-refractivity contribution in [2.45, 2.75) is 11.6 Å². The van der Waals surface area contributed by atoms with Crippen LogP contribution in [-0.2, 0) is 11.8 Å². The van der Waals surface area contributed by atoms with Crippen LogP contribution < -0.4 is 11.1 Å². The van der Waals surface area contributed by atoms with Crippen LogP contribution >= 0.6 is 11.8 Å². The fourth-order valence-corrected chi connectivity index (χ4v) is 2.32. The van der Waals surface area contributed by atoms with Gasteiger partial charge < -0.3 is 11.1 Å². The number of nitrogens with one attached hydrogen (secondary N) is 1. The van der Waals surface area contributed by atoms with Crippen LogP contribution in [-0.4, -0.2) is 26.4 Å². The van der Waals surface area contributed by atoms with Gasteiger partial charge in [-0.1, -0.05) is 17.8 Å². The maximum absolute atomic E-state index is 11.7. The standard InChI is InChI=1S/C12H15N5OS/c1-17-12(14-8-15-17)19-6-5-11(18)16-10-4-2-3-9(13)7-10/h2-4,7-8H,5-6,13H2,1H3,(H,16,18). The minimum Gasteiger partial charge on any atom is -0.399 e. The predicted octanol–water partition coefficient (Wildman–Crippen LogP) is 1.52. The zero-order valence-electron chi connectivity index (χ0n) is 10.5. The normalized spacial score (nSPS) is 10.4. The minimum absolute atomic E-state index is 0.0414. The highest BCUT2D eigenvalue weighted by molar-refractivity contribution is 7.99. The molecule has 0 bridgehead atoms. The van der Waals surface area contributed by atoms with Crippen molar-refractivity contribution in [2.24, 2.45) is 7.05 Å². The maximum atomic E-state index is 11.7. The summed E-state index contributed by atoms with van der Waals surface area (Å²) in [5.74, 6) is 0.612. The second kappa shape index (κ2) is 6.24. The van der Waals surface area contributed by atoms with Crippen molar-refractivity contribution in [3.05, 3.63) is 30.6 Å². The average molecular weight is 277 g/mol. The molecule has 6 nitrogen and oxygen atoms in total. The smallest absolute Gasteiger partial charge is 0.225 e. The Kier molecular flexibility index (Phi) is 4.40. The lowest BCUT2D eigenvalue weighted by molar-refractivity contribution is -0.115. The number of benzene rings is 1. The molecule has 1 amide bonds. The summed E-state index contributed by atoms with van der Waals surface area (Å²) >= 11 is 1.50. The van der Waals surface area contributed by atoms with E-state index in [9.17, 15) is 4.79 Å². The van der Waals surface area contributed by atoms with Crippen LogP contribution in [0.25, 0.3) is 0 Å². The molecule has 0 saturated carbocycles. The van der Waals surface area contributed by atoms with Crippen molar-refractivity contribution in [3.8, 4) is 0 Å². The third kappa shape index (κ3) is 3.99. The number of carbonyl (C=O) groups excluding carboxylic acids is 1. The quantitative estimate of drug-likeness (QED) is 0.639. The molecule has 0 saturated heterocycles. The Labute approximate surface area is 115 Å². The topological polar surface area (TPSA) is 85.8 Å². The zero-order valence-corrected chi connectivity index (χ0v) is 11.4. The molecule has 0 aliphatic heterocycles. The number of amides is 1. The molecule has 0 aliphatic carbocycles. The number of carbonyl (C=O) groups is 1. The van der Waals surface area contributed by atoms with E-state index in [1.165, 1.54) is 18.1 Å². The largest absolute Gasteiger partial charge is 0.399 e. The minimum atomic E-state index is -0.0414. The summed E-state index contributed by atoms with van der Waals surface area (Å²) in [6.45, 7) is 0. The van der Waals surface area contributed by atoms with E-state index in [1.54, 1.807) is 22.9 Å². The number of rotatable bonds is 5. The number of anilines is 2. The van der Waals surface area contributed by atoms with Gasteiger partial charge in [-0.15, -0.1) is 0 Å². The van der Waals surface area contributed by atoms with Crippen LogP contribution in [0.3, 0.4) is 0 Å². The summed E-state index contributed by atoms with van der Waals surface area (Å²) in [6.07, 6.45) is 1.90. The first-order chi connectivity index (χ1) is 9.15. The number of aryl methyl sites for hydroxylation is 1. The second-order valence-electron chi connectivity index (χ2n) is 3.94. The molecule has 1 heterocycles. The van der Waals surface area contributed by atoms with Crippen molar-refractivity contribution in [3.63, 3.8) is 0 Å². The first-order valence-electron chi connectivity index (χ1n) is 5.77. The van der Waals surface area contributed by atoms with Crippen LogP contribution in [0.5, 0.6) is 0 Å². The van der Waals surface area contributed by atoms with Crippen molar-refractivity contribution in [2.75, 3.05) is 16.8 Å². The summed E-state index contributed by atoms with van der Waals surface area (Å²) < 4.78 is 1.68. The van der Waals surface area contributed by atoms with Gasteiger partial charge in [-0.3, -0.25) is 4.79 Å². The zero-order chi connectivity index (χ0) is 13.7. The second-order valence-corrected chi connectivity index (χ2v) is 5.00. The van der Waals surface area contributed by atoms with E-state index in [0.717, 1.165) is 5.16 Å². The summed E-state index contributed by atoms with van der Waals surface area (Å²) in [5.41, 5.74) is 6.99. The molecule has 2 aromatic rings. The maximum Gasteiger partial charge on any atom is 0.225 e. The highest BCUT2D eigenvalue weighted by Crippen LogP contribution is 2.15. The molecule has 19 heavy (non-hydrogen) atoms. The van der Waals surface area contributed by atoms with E-state index in [2.05, 4.69) is 15.4 Å². The Hall–Kier alpha value is -2.02. The molecule has 1 aromatic heterocycles. The van der Waals surface area contributed by atoms with Gasteiger partial charge in [0.05, 0.1) is 0 Å².